The highest BCUT2D eigenvalue weighted by atomic mass is 79.9. The van der Waals surface area contributed by atoms with E-state index in [1.165, 1.54) is 25.4 Å². The molecule has 1 heterocycles. The summed E-state index contributed by atoms with van der Waals surface area (Å²) in [7, 11) is -2.48. The molecule has 4 aromatic rings. The highest BCUT2D eigenvalue weighted by molar-refractivity contribution is 9.10. The molecule has 0 aliphatic heterocycles. The van der Waals surface area contributed by atoms with Crippen molar-refractivity contribution in [2.45, 2.75) is 12.2 Å². The third-order valence-corrected chi connectivity index (χ3v) is 7.58. The number of rotatable bonds is 8. The summed E-state index contributed by atoms with van der Waals surface area (Å²) >= 11 is 15.4. The van der Waals surface area contributed by atoms with Crippen molar-refractivity contribution in [1.82, 2.24) is 4.98 Å². The summed E-state index contributed by atoms with van der Waals surface area (Å²) in [5, 5.41) is 0.615. The number of hydrogen-bond donors (Lipinski definition) is 1. The van der Waals surface area contributed by atoms with Crippen LogP contribution in [0.25, 0.3) is 11.3 Å². The van der Waals surface area contributed by atoms with Gasteiger partial charge in [-0.25, -0.2) is 9.78 Å². The lowest BCUT2D eigenvalue weighted by Crippen LogP contribution is -2.17. The maximum Gasteiger partial charge on any atom is 0.589 e. The summed E-state index contributed by atoms with van der Waals surface area (Å²) in [6, 6.07) is 15.5. The van der Waals surface area contributed by atoms with Crippen LogP contribution in [0.1, 0.15) is 21.5 Å². The van der Waals surface area contributed by atoms with Crippen molar-refractivity contribution in [3.63, 3.8) is 0 Å². The summed E-state index contributed by atoms with van der Waals surface area (Å²) in [6.07, 6.45) is 1.50. The molecule has 0 saturated heterocycles. The molecule has 1 aromatic heterocycles. The third kappa shape index (κ3) is 5.90. The summed E-state index contributed by atoms with van der Waals surface area (Å²) in [6.45, 7) is 0.106. The van der Waals surface area contributed by atoms with Gasteiger partial charge in [-0.3, -0.25) is 4.90 Å². The molecule has 13 heteroatoms. The second-order valence-corrected chi connectivity index (χ2v) is 10.7. The Labute approximate surface area is 235 Å². The molecule has 0 spiro atoms. The van der Waals surface area contributed by atoms with Crippen molar-refractivity contribution in [3.8, 4) is 11.3 Å². The summed E-state index contributed by atoms with van der Waals surface area (Å²) in [5.74, 6) is -0.0641. The Bertz CT molecular complexity index is 1520. The monoisotopic (exact) mass is 643 g/mol. The minimum atomic E-state index is -3.92. The van der Waals surface area contributed by atoms with Crippen LogP contribution in [0.4, 0.5) is 20.5 Å². The van der Waals surface area contributed by atoms with Crippen LogP contribution < -0.4 is 4.90 Å². The van der Waals surface area contributed by atoms with Crippen molar-refractivity contribution >= 4 is 64.8 Å². The second-order valence-electron chi connectivity index (χ2n) is 7.89. The van der Waals surface area contributed by atoms with Crippen LogP contribution >= 0.6 is 47.2 Å². The van der Waals surface area contributed by atoms with E-state index in [0.29, 0.717) is 33.2 Å². The minimum Gasteiger partial charge on any atom is -0.465 e. The Hall–Kier alpha value is -2.88. The first kappa shape index (κ1) is 28.1. The Morgan fingerprint density at radius 2 is 1.84 bits per heavy atom. The number of ether oxygens (including phenoxy) is 1. The van der Waals surface area contributed by atoms with Crippen molar-refractivity contribution in [2.24, 2.45) is 0 Å². The van der Waals surface area contributed by atoms with Gasteiger partial charge in [-0.15, -0.1) is 8.78 Å². The minimum absolute atomic E-state index is 0.0368. The Morgan fingerprint density at radius 3 is 2.45 bits per heavy atom. The molecule has 0 aliphatic rings. The average Bonchev–Trinajstić information content (AvgIpc) is 3.38. The van der Waals surface area contributed by atoms with Crippen LogP contribution in [0.2, 0.25) is 10.0 Å². The zero-order chi connectivity index (χ0) is 27.6. The van der Waals surface area contributed by atoms with Gasteiger partial charge in [0.25, 0.3) is 0 Å². The lowest BCUT2D eigenvalue weighted by atomic mass is 10.1. The number of halogens is 5. The largest absolute Gasteiger partial charge is 0.589 e. The van der Waals surface area contributed by atoms with Crippen LogP contribution in [0, 0.1) is 0 Å². The lowest BCUT2D eigenvalue weighted by molar-refractivity contribution is 0.0600. The van der Waals surface area contributed by atoms with Gasteiger partial charge in [-0.1, -0.05) is 57.3 Å². The zero-order valence-electron chi connectivity index (χ0n) is 19.4. The fraction of sp³-hybridized carbons (Fsp3) is 0.120. The highest BCUT2D eigenvalue weighted by Gasteiger charge is 2.54. The van der Waals surface area contributed by atoms with E-state index in [1.54, 1.807) is 47.4 Å². The first-order valence-electron chi connectivity index (χ1n) is 10.7. The van der Waals surface area contributed by atoms with Crippen LogP contribution in [-0.2, 0) is 21.5 Å². The molecule has 7 nitrogen and oxygen atoms in total. The van der Waals surface area contributed by atoms with Crippen LogP contribution in [0.5, 0.6) is 0 Å². The van der Waals surface area contributed by atoms with Gasteiger partial charge in [0, 0.05) is 15.7 Å². The quantitative estimate of drug-likeness (QED) is 0.152. The van der Waals surface area contributed by atoms with Gasteiger partial charge in [0.05, 0.1) is 41.0 Å². The summed E-state index contributed by atoms with van der Waals surface area (Å²) in [5.41, 5.74) is -2.40. The average molecular weight is 645 g/mol. The van der Waals surface area contributed by atoms with Crippen molar-refractivity contribution < 1.29 is 32.2 Å². The Morgan fingerprint density at radius 1 is 1.13 bits per heavy atom. The van der Waals surface area contributed by atoms with Crippen molar-refractivity contribution in [2.75, 3.05) is 12.0 Å². The van der Waals surface area contributed by atoms with E-state index in [4.69, 9.17) is 37.2 Å². The standard InChI is InChI=1S/C25H16BrCl2F2N2O5P/c1-36-23(33)16-5-3-15(4-6-16)22-12-31-24(37-22)32(17-7-9-20(27)21(28)11-17)13-14-2-8-18(19(26)10-14)25(29,30)38(34)35/h2-12H,13H2,1H3/p+1. The summed E-state index contributed by atoms with van der Waals surface area (Å²) < 4.78 is 50.1. The Balaban J connectivity index is 1.70. The smallest absolute Gasteiger partial charge is 0.465 e. The second kappa shape index (κ2) is 11.5. The zero-order valence-corrected chi connectivity index (χ0v) is 23.4. The number of anilines is 2. The number of carbonyl (C=O) groups excluding carboxylic acids is 1. The Kier molecular flexibility index (Phi) is 8.49. The SMILES string of the molecule is COC(=O)c1ccc(-c2cnc(N(Cc3ccc(C(F)(F)[P+](=O)O)c(Br)c3)c3ccc(Cl)c(Cl)c3)o2)cc1. The van der Waals surface area contributed by atoms with Gasteiger partial charge < -0.3 is 9.15 Å². The number of benzene rings is 3. The van der Waals surface area contributed by atoms with E-state index >= 15 is 0 Å². The number of esters is 1. The topological polar surface area (TPSA) is 92.9 Å². The first-order chi connectivity index (χ1) is 18.0. The number of nitrogens with zero attached hydrogens (tertiary/aromatic N) is 2. The molecule has 196 valence electrons. The number of methoxy groups -OCH3 is 1. The van der Waals surface area contributed by atoms with Crippen LogP contribution in [-0.4, -0.2) is 23.0 Å². The molecule has 3 aromatic carbocycles. The van der Waals surface area contributed by atoms with Crippen LogP contribution in [0.15, 0.2) is 75.8 Å². The first-order valence-corrected chi connectivity index (χ1v) is 13.5. The normalized spacial score (nSPS) is 11.8. The predicted octanol–water partition coefficient (Wildman–Crippen LogP) is 8.32. The van der Waals surface area contributed by atoms with Gasteiger partial charge >= 0.3 is 25.7 Å². The van der Waals surface area contributed by atoms with Gasteiger partial charge in [0.1, 0.15) is 0 Å². The lowest BCUT2D eigenvalue weighted by Gasteiger charge is -2.22. The maximum absolute atomic E-state index is 14.1. The molecule has 0 saturated carbocycles. The van der Waals surface area contributed by atoms with Gasteiger partial charge in [-0.05, 0) is 52.6 Å². The fourth-order valence-corrected chi connectivity index (χ4v) is 5.04. The van der Waals surface area contributed by atoms with E-state index in [9.17, 15) is 18.1 Å². The molecule has 0 amide bonds. The van der Waals surface area contributed by atoms with Gasteiger partial charge in [-0.2, -0.15) is 4.89 Å². The van der Waals surface area contributed by atoms with Crippen LogP contribution in [0.3, 0.4) is 0 Å². The van der Waals surface area contributed by atoms with E-state index in [1.807, 2.05) is 0 Å². The molecule has 0 radical (unpaired) electrons. The molecule has 4 rings (SSSR count). The molecule has 0 fully saturated rings. The summed E-state index contributed by atoms with van der Waals surface area (Å²) in [4.78, 5) is 26.8. The van der Waals surface area contributed by atoms with E-state index in [-0.39, 0.29) is 22.1 Å². The van der Waals surface area contributed by atoms with Gasteiger partial charge in [0.2, 0.25) is 0 Å². The maximum atomic E-state index is 14.1. The number of carbonyl (C=O) groups is 1. The van der Waals surface area contributed by atoms with Gasteiger partial charge in [0.15, 0.2) is 5.76 Å². The molecular formula is C25H17BrCl2F2N2O5P+. The fourth-order valence-electron chi connectivity index (χ4n) is 3.52. The number of hydrogen-bond acceptors (Lipinski definition) is 6. The number of alkyl halides is 2. The molecule has 1 unspecified atom stereocenters. The number of oxazole rings is 1. The van der Waals surface area contributed by atoms with Crippen molar-refractivity contribution in [1.29, 1.82) is 0 Å². The predicted molar refractivity (Wildman–Crippen MR) is 143 cm³/mol. The molecule has 38 heavy (non-hydrogen) atoms. The van der Waals surface area contributed by atoms with Crippen molar-refractivity contribution in [3.05, 3.63) is 98.1 Å². The molecule has 1 atom stereocenters. The highest BCUT2D eigenvalue weighted by Crippen LogP contribution is 2.49. The van der Waals surface area contributed by atoms with E-state index < -0.39 is 25.2 Å². The third-order valence-electron chi connectivity index (χ3n) is 5.47. The van der Waals surface area contributed by atoms with E-state index in [0.717, 1.165) is 6.07 Å². The van der Waals surface area contributed by atoms with E-state index in [2.05, 4.69) is 20.9 Å². The number of aromatic nitrogens is 1. The molecule has 0 bridgehead atoms. The molecular weight excluding hydrogens is 628 g/mol. The molecule has 1 N–H and O–H groups in total. The molecule has 0 aliphatic carbocycles.